The lowest BCUT2D eigenvalue weighted by Gasteiger charge is -2.15. The van der Waals surface area contributed by atoms with Gasteiger partial charge in [0.25, 0.3) is 5.56 Å². The molecule has 0 aliphatic heterocycles. The fraction of sp³-hybridized carbons (Fsp3) is 0.312. The summed E-state index contributed by atoms with van der Waals surface area (Å²) in [4.78, 5) is 24.6. The second kappa shape index (κ2) is 5.82. The van der Waals surface area contributed by atoms with E-state index in [4.69, 9.17) is 5.26 Å². The second-order valence-electron chi connectivity index (χ2n) is 5.53. The molecule has 1 aliphatic rings. The largest absolute Gasteiger partial charge is 0.386 e. The highest BCUT2D eigenvalue weighted by atomic mass is 19.1. The zero-order valence-electron chi connectivity index (χ0n) is 12.1. The number of hydrogen-bond donors (Lipinski definition) is 1. The van der Waals surface area contributed by atoms with Gasteiger partial charge in [-0.3, -0.25) is 13.9 Å². The summed E-state index contributed by atoms with van der Waals surface area (Å²) in [5.74, 6) is -0.619. The first-order valence-electron chi connectivity index (χ1n) is 7.21. The van der Waals surface area contributed by atoms with Gasteiger partial charge in [0.05, 0.1) is 12.6 Å². The van der Waals surface area contributed by atoms with Gasteiger partial charge in [-0.2, -0.15) is 5.26 Å². The van der Waals surface area contributed by atoms with E-state index < -0.39 is 29.7 Å². The summed E-state index contributed by atoms with van der Waals surface area (Å²) >= 11 is 0. The zero-order valence-corrected chi connectivity index (χ0v) is 12.1. The minimum atomic E-state index is -1.36. The maximum absolute atomic E-state index is 13.7. The molecular formula is C16H14FN3O3. The summed E-state index contributed by atoms with van der Waals surface area (Å²) in [7, 11) is 0. The molecule has 1 aromatic carbocycles. The van der Waals surface area contributed by atoms with Crippen LogP contribution in [-0.4, -0.2) is 14.2 Å². The Kier molecular flexibility index (Phi) is 3.84. The van der Waals surface area contributed by atoms with E-state index in [2.05, 4.69) is 0 Å². The van der Waals surface area contributed by atoms with Crippen LogP contribution in [-0.2, 0) is 6.54 Å². The Bertz CT molecular complexity index is 906. The monoisotopic (exact) mass is 315 g/mol. The molecule has 1 N–H and O–H groups in total. The number of aliphatic hydroxyl groups excluding tert-OH is 1. The van der Waals surface area contributed by atoms with Crippen molar-refractivity contribution in [2.45, 2.75) is 31.5 Å². The van der Waals surface area contributed by atoms with Gasteiger partial charge >= 0.3 is 5.69 Å². The maximum Gasteiger partial charge on any atom is 0.331 e. The van der Waals surface area contributed by atoms with Gasteiger partial charge in [0, 0.05) is 17.8 Å². The van der Waals surface area contributed by atoms with Crippen molar-refractivity contribution in [3.05, 3.63) is 68.2 Å². The summed E-state index contributed by atoms with van der Waals surface area (Å²) in [6.07, 6.45) is 1.51. The smallest absolute Gasteiger partial charge is 0.331 e. The quantitative estimate of drug-likeness (QED) is 0.915. The molecule has 0 saturated heterocycles. The van der Waals surface area contributed by atoms with Crippen molar-refractivity contribution in [1.82, 2.24) is 9.13 Å². The average molecular weight is 315 g/mol. The average Bonchev–Trinajstić information content (AvgIpc) is 3.36. The van der Waals surface area contributed by atoms with Crippen LogP contribution in [0.3, 0.4) is 0 Å². The van der Waals surface area contributed by atoms with Crippen molar-refractivity contribution in [3.63, 3.8) is 0 Å². The molecule has 1 atom stereocenters. The third-order valence-corrected chi connectivity index (χ3v) is 3.88. The van der Waals surface area contributed by atoms with Gasteiger partial charge in [-0.15, -0.1) is 0 Å². The fourth-order valence-corrected chi connectivity index (χ4v) is 2.49. The number of nitrogens with zero attached hydrogens (tertiary/aromatic N) is 3. The molecule has 0 amide bonds. The van der Waals surface area contributed by atoms with Gasteiger partial charge in [0.1, 0.15) is 17.4 Å². The van der Waals surface area contributed by atoms with E-state index in [9.17, 15) is 19.1 Å². The minimum absolute atomic E-state index is 0.000803. The molecule has 0 spiro atoms. The van der Waals surface area contributed by atoms with Crippen LogP contribution in [0.1, 0.15) is 36.1 Å². The highest BCUT2D eigenvalue weighted by molar-refractivity contribution is 5.24. The molecule has 3 rings (SSSR count). The van der Waals surface area contributed by atoms with E-state index >= 15 is 0 Å². The van der Waals surface area contributed by atoms with Gasteiger partial charge in [-0.1, -0.05) is 18.2 Å². The predicted octanol–water partition coefficient (Wildman–Crippen LogP) is 1.09. The first-order valence-corrected chi connectivity index (χ1v) is 7.21. The highest BCUT2D eigenvalue weighted by Crippen LogP contribution is 2.33. The summed E-state index contributed by atoms with van der Waals surface area (Å²) < 4.78 is 15.9. The van der Waals surface area contributed by atoms with Crippen molar-refractivity contribution < 1.29 is 9.50 Å². The Morgan fingerprint density at radius 1 is 1.35 bits per heavy atom. The molecule has 0 radical (unpaired) electrons. The van der Waals surface area contributed by atoms with E-state index in [1.807, 2.05) is 0 Å². The molecule has 1 aromatic heterocycles. The van der Waals surface area contributed by atoms with Crippen LogP contribution in [0.15, 0.2) is 40.1 Å². The van der Waals surface area contributed by atoms with Crippen molar-refractivity contribution >= 4 is 0 Å². The van der Waals surface area contributed by atoms with Crippen LogP contribution in [0, 0.1) is 17.1 Å². The molecule has 7 heteroatoms. The van der Waals surface area contributed by atoms with E-state index in [0.717, 1.165) is 17.4 Å². The second-order valence-corrected chi connectivity index (χ2v) is 5.53. The number of aliphatic hydroxyl groups is 1. The van der Waals surface area contributed by atoms with E-state index in [1.54, 1.807) is 12.1 Å². The molecule has 0 unspecified atom stereocenters. The summed E-state index contributed by atoms with van der Waals surface area (Å²) in [5, 5.41) is 19.2. The van der Waals surface area contributed by atoms with Crippen LogP contribution in [0.2, 0.25) is 0 Å². The van der Waals surface area contributed by atoms with Crippen LogP contribution in [0.4, 0.5) is 4.39 Å². The first-order chi connectivity index (χ1) is 11.0. The number of rotatable bonds is 4. The maximum atomic E-state index is 13.7. The first kappa shape index (κ1) is 15.2. The molecular weight excluding hydrogens is 301 g/mol. The van der Waals surface area contributed by atoms with Crippen molar-refractivity contribution in [3.8, 4) is 6.07 Å². The van der Waals surface area contributed by atoms with Gasteiger partial charge in [0.2, 0.25) is 0 Å². The number of benzene rings is 1. The van der Waals surface area contributed by atoms with Crippen LogP contribution in [0.25, 0.3) is 0 Å². The lowest BCUT2D eigenvalue weighted by atomic mass is 10.1. The van der Waals surface area contributed by atoms with E-state index in [1.165, 1.54) is 29.0 Å². The Labute approximate surface area is 130 Å². The molecule has 2 aromatic rings. The summed E-state index contributed by atoms with van der Waals surface area (Å²) in [6, 6.07) is 7.35. The summed E-state index contributed by atoms with van der Waals surface area (Å²) in [5.41, 5.74) is -1.53. The van der Waals surface area contributed by atoms with Crippen LogP contribution in [0.5, 0.6) is 0 Å². The Morgan fingerprint density at radius 3 is 2.65 bits per heavy atom. The van der Waals surface area contributed by atoms with Gasteiger partial charge in [-0.25, -0.2) is 9.18 Å². The third-order valence-electron chi connectivity index (χ3n) is 3.88. The molecule has 1 fully saturated rings. The fourth-order valence-electron chi connectivity index (χ4n) is 2.49. The molecule has 118 valence electrons. The van der Waals surface area contributed by atoms with Crippen LogP contribution < -0.4 is 11.2 Å². The molecule has 1 heterocycles. The number of aromatic nitrogens is 2. The van der Waals surface area contributed by atoms with E-state index in [0.29, 0.717) is 0 Å². The normalized spacial score (nSPS) is 15.2. The van der Waals surface area contributed by atoms with Crippen molar-refractivity contribution in [1.29, 1.82) is 5.26 Å². The van der Waals surface area contributed by atoms with Crippen molar-refractivity contribution in [2.75, 3.05) is 0 Å². The Hall–Kier alpha value is -2.72. The third kappa shape index (κ3) is 2.81. The Balaban J connectivity index is 2.04. The van der Waals surface area contributed by atoms with Gasteiger partial charge < -0.3 is 5.11 Å². The SMILES string of the molecule is N#Cc1cn(C2CC2)c(=O)n(C[C@@H](O)c2ccccc2F)c1=O. The Morgan fingerprint density at radius 2 is 2.04 bits per heavy atom. The lowest BCUT2D eigenvalue weighted by molar-refractivity contribution is 0.148. The molecule has 1 saturated carbocycles. The molecule has 1 aliphatic carbocycles. The summed E-state index contributed by atoms with van der Waals surface area (Å²) in [6.45, 7) is -0.402. The van der Waals surface area contributed by atoms with Gasteiger partial charge in [-0.05, 0) is 18.9 Å². The molecule has 0 bridgehead atoms. The predicted molar refractivity (Wildman–Crippen MR) is 79.3 cm³/mol. The zero-order chi connectivity index (χ0) is 16.6. The number of nitriles is 1. The van der Waals surface area contributed by atoms with Gasteiger partial charge in [0.15, 0.2) is 0 Å². The minimum Gasteiger partial charge on any atom is -0.386 e. The standard InChI is InChI=1S/C16H14FN3O3/c17-13-4-2-1-3-12(13)14(21)9-20-15(22)10(7-18)8-19(16(20)23)11-5-6-11/h1-4,8,11,14,21H,5-6,9H2/t14-/m1/s1. The highest BCUT2D eigenvalue weighted by Gasteiger charge is 2.27. The van der Waals surface area contributed by atoms with Crippen LogP contribution >= 0.6 is 0 Å². The number of halogens is 1. The number of hydrogen-bond acceptors (Lipinski definition) is 4. The van der Waals surface area contributed by atoms with Crippen molar-refractivity contribution in [2.24, 2.45) is 0 Å². The van der Waals surface area contributed by atoms with E-state index in [-0.39, 0.29) is 17.2 Å². The molecule has 6 nitrogen and oxygen atoms in total. The lowest BCUT2D eigenvalue weighted by Crippen LogP contribution is -2.41. The topological polar surface area (TPSA) is 88.0 Å². The molecule has 23 heavy (non-hydrogen) atoms.